The molecule has 0 amide bonds. The van der Waals surface area contributed by atoms with Crippen molar-refractivity contribution in [2.75, 3.05) is 26.2 Å². The second-order valence-corrected chi connectivity index (χ2v) is 12.9. The average Bonchev–Trinajstić information content (AvgIpc) is 3.46. The minimum absolute atomic E-state index is 0.155. The van der Waals surface area contributed by atoms with Crippen LogP contribution < -0.4 is 0 Å². The highest BCUT2D eigenvalue weighted by atomic mass is 16.5. The largest absolute Gasteiger partial charge is 0.389 e. The van der Waals surface area contributed by atoms with Crippen LogP contribution in [0, 0.1) is 22.7 Å². The Bertz CT molecular complexity index is 957. The summed E-state index contributed by atoms with van der Waals surface area (Å²) in [7, 11) is 0. The molecule has 6 rings (SSSR count). The molecule has 0 radical (unpaired) electrons. The molecule has 1 aliphatic heterocycles. The van der Waals surface area contributed by atoms with Gasteiger partial charge in [0.2, 0.25) is 0 Å². The number of benzene rings is 1. The van der Waals surface area contributed by atoms with E-state index in [2.05, 4.69) is 24.8 Å². The summed E-state index contributed by atoms with van der Waals surface area (Å²) >= 11 is 0. The van der Waals surface area contributed by atoms with Crippen molar-refractivity contribution in [2.24, 2.45) is 22.7 Å². The number of allylic oxidation sites excluding steroid dienone is 1. The Morgan fingerprint density at radius 2 is 1.71 bits per heavy atom. The molecule has 192 valence electrons. The molecule has 35 heavy (non-hydrogen) atoms. The maximum absolute atomic E-state index is 12.4. The van der Waals surface area contributed by atoms with E-state index in [9.17, 15) is 10.2 Å². The summed E-state index contributed by atoms with van der Waals surface area (Å²) in [5.41, 5.74) is 0.415. The number of nitrogens with zero attached hydrogens (tertiary/aromatic N) is 1. The molecule has 5 aliphatic rings. The van der Waals surface area contributed by atoms with E-state index < -0.39 is 16.6 Å². The fraction of sp³-hybridized carbons (Fsp3) is 0.742. The molecule has 4 nitrogen and oxygen atoms in total. The van der Waals surface area contributed by atoms with Crippen LogP contribution in [0.15, 0.2) is 42.0 Å². The molecular formula is C31H45NO3. The molecule has 1 aromatic rings. The van der Waals surface area contributed by atoms with E-state index in [1.807, 2.05) is 30.3 Å². The predicted octanol–water partition coefficient (Wildman–Crippen LogP) is 5.43. The van der Waals surface area contributed by atoms with E-state index in [0.717, 1.165) is 57.2 Å². The van der Waals surface area contributed by atoms with Crippen molar-refractivity contribution in [1.82, 2.24) is 4.90 Å². The number of aliphatic hydroxyl groups is 2. The zero-order chi connectivity index (χ0) is 24.3. The first-order chi connectivity index (χ1) is 16.8. The summed E-state index contributed by atoms with van der Waals surface area (Å²) in [5, 5.41) is 24.5. The van der Waals surface area contributed by atoms with Gasteiger partial charge in [-0.15, -0.1) is 0 Å². The van der Waals surface area contributed by atoms with Gasteiger partial charge in [0, 0.05) is 12.0 Å². The van der Waals surface area contributed by atoms with Gasteiger partial charge >= 0.3 is 0 Å². The lowest BCUT2D eigenvalue weighted by Crippen LogP contribution is -2.63. The van der Waals surface area contributed by atoms with E-state index >= 15 is 0 Å². The number of hydrogen-bond acceptors (Lipinski definition) is 4. The Labute approximate surface area is 211 Å². The highest BCUT2D eigenvalue weighted by Crippen LogP contribution is 2.70. The topological polar surface area (TPSA) is 52.9 Å². The summed E-state index contributed by atoms with van der Waals surface area (Å²) in [5.74, 6) is 0.713. The second-order valence-electron chi connectivity index (χ2n) is 12.9. The maximum atomic E-state index is 12.4. The molecule has 3 saturated carbocycles. The van der Waals surface area contributed by atoms with Crippen molar-refractivity contribution in [3.63, 3.8) is 0 Å². The molecule has 4 heteroatoms. The Balaban J connectivity index is 1.20. The first-order valence-corrected chi connectivity index (χ1v) is 14.3. The van der Waals surface area contributed by atoms with Crippen LogP contribution in [0.25, 0.3) is 0 Å². The van der Waals surface area contributed by atoms with Gasteiger partial charge in [0.25, 0.3) is 0 Å². The molecule has 4 fully saturated rings. The number of fused-ring (bicyclic) bond motifs is 5. The van der Waals surface area contributed by atoms with Gasteiger partial charge < -0.3 is 19.8 Å². The molecule has 0 bridgehead atoms. The first-order valence-electron chi connectivity index (χ1n) is 14.3. The smallest absolute Gasteiger partial charge is 0.0978 e. The molecule has 7 atom stereocenters. The van der Waals surface area contributed by atoms with E-state index in [1.165, 1.54) is 25.9 Å². The number of likely N-dealkylation sites (tertiary alicyclic amines) is 1. The zero-order valence-corrected chi connectivity index (χ0v) is 21.8. The molecule has 2 unspecified atom stereocenters. The Morgan fingerprint density at radius 1 is 0.943 bits per heavy atom. The lowest BCUT2D eigenvalue weighted by molar-refractivity contribution is -0.218. The summed E-state index contributed by atoms with van der Waals surface area (Å²) in [6, 6.07) is 10.1. The molecule has 1 heterocycles. The fourth-order valence-electron chi connectivity index (χ4n) is 9.28. The van der Waals surface area contributed by atoms with Crippen molar-refractivity contribution < 1.29 is 14.9 Å². The van der Waals surface area contributed by atoms with E-state index in [1.54, 1.807) is 5.57 Å². The van der Waals surface area contributed by atoms with Gasteiger partial charge in [-0.3, -0.25) is 0 Å². The first kappa shape index (κ1) is 24.2. The molecule has 0 aromatic heterocycles. The lowest BCUT2D eigenvalue weighted by Gasteiger charge is -2.62. The lowest BCUT2D eigenvalue weighted by atomic mass is 9.45. The minimum Gasteiger partial charge on any atom is -0.389 e. The van der Waals surface area contributed by atoms with Crippen LogP contribution in [0.1, 0.15) is 83.6 Å². The minimum atomic E-state index is -0.959. The Hall–Kier alpha value is -1.20. The number of hydrogen-bond donors (Lipinski definition) is 2. The normalized spacial score (nSPS) is 45.5. The van der Waals surface area contributed by atoms with Crippen LogP contribution in [0.2, 0.25) is 0 Å². The molecule has 4 aliphatic carbocycles. The Kier molecular flexibility index (Phi) is 5.99. The maximum Gasteiger partial charge on any atom is 0.0978 e. The predicted molar refractivity (Wildman–Crippen MR) is 139 cm³/mol. The third-order valence-corrected chi connectivity index (χ3v) is 11.6. The van der Waals surface area contributed by atoms with Crippen molar-refractivity contribution >= 4 is 0 Å². The molecule has 1 saturated heterocycles. The Morgan fingerprint density at radius 3 is 2.49 bits per heavy atom. The van der Waals surface area contributed by atoms with Gasteiger partial charge in [0.1, 0.15) is 0 Å². The van der Waals surface area contributed by atoms with Crippen LogP contribution >= 0.6 is 0 Å². The van der Waals surface area contributed by atoms with E-state index in [0.29, 0.717) is 24.9 Å². The summed E-state index contributed by atoms with van der Waals surface area (Å²) in [6.07, 6.45) is 13.1. The van der Waals surface area contributed by atoms with Gasteiger partial charge in [0.05, 0.1) is 23.9 Å². The van der Waals surface area contributed by atoms with Crippen LogP contribution in [0.3, 0.4) is 0 Å². The van der Waals surface area contributed by atoms with Gasteiger partial charge in [-0.05, 0) is 100 Å². The highest BCUT2D eigenvalue weighted by Gasteiger charge is 2.71. The molecule has 1 aromatic carbocycles. The van der Waals surface area contributed by atoms with E-state index in [4.69, 9.17) is 4.74 Å². The number of ether oxygens (including phenoxy) is 1. The molecule has 0 spiro atoms. The third kappa shape index (κ3) is 3.54. The highest BCUT2D eigenvalue weighted by molar-refractivity contribution is 5.34. The zero-order valence-electron chi connectivity index (χ0n) is 21.8. The monoisotopic (exact) mass is 479 g/mol. The summed E-state index contributed by atoms with van der Waals surface area (Å²) in [4.78, 5) is 2.54. The van der Waals surface area contributed by atoms with Gasteiger partial charge in [-0.1, -0.05) is 55.8 Å². The van der Waals surface area contributed by atoms with Crippen molar-refractivity contribution in [3.8, 4) is 0 Å². The van der Waals surface area contributed by atoms with Crippen LogP contribution in [0.5, 0.6) is 0 Å². The summed E-state index contributed by atoms with van der Waals surface area (Å²) in [6.45, 7) is 9.06. The van der Waals surface area contributed by atoms with Gasteiger partial charge in [-0.2, -0.15) is 0 Å². The standard InChI is InChI=1S/C31H45NO3/c1-28-14-12-25(35-21-20-32-18-6-7-19-32)22-24(28)10-11-27-26(28)13-15-29(2)30(33,16-17-31(27,29)34)23-8-4-3-5-9-23/h3-5,8-10,25-27,33-34H,6-7,11-22H2,1-2H3/t25?,26-,27-,28+,29-,30?,31-/m1/s1. The number of rotatable bonds is 5. The van der Waals surface area contributed by atoms with Gasteiger partial charge in [0.15, 0.2) is 0 Å². The van der Waals surface area contributed by atoms with Crippen LogP contribution in [0.4, 0.5) is 0 Å². The van der Waals surface area contributed by atoms with Crippen molar-refractivity contribution in [1.29, 1.82) is 0 Å². The third-order valence-electron chi connectivity index (χ3n) is 11.6. The molecule has 2 N–H and O–H groups in total. The average molecular weight is 480 g/mol. The van der Waals surface area contributed by atoms with Crippen LogP contribution in [-0.2, 0) is 10.3 Å². The van der Waals surface area contributed by atoms with E-state index in [-0.39, 0.29) is 11.3 Å². The second kappa shape index (κ2) is 8.68. The SMILES string of the molecule is C[C@]12CCC(OCCN3CCCC3)CC1=CC[C@@H]1[C@H]2CC[C@]2(C)C(O)(c3ccccc3)CC[C@@]12O. The molecular weight excluding hydrogens is 434 g/mol. The van der Waals surface area contributed by atoms with Gasteiger partial charge in [-0.25, -0.2) is 0 Å². The summed E-state index contributed by atoms with van der Waals surface area (Å²) < 4.78 is 6.39. The fourth-order valence-corrected chi connectivity index (χ4v) is 9.28. The van der Waals surface area contributed by atoms with Crippen molar-refractivity contribution in [3.05, 3.63) is 47.5 Å². The quantitative estimate of drug-likeness (QED) is 0.553. The van der Waals surface area contributed by atoms with Crippen molar-refractivity contribution in [2.45, 2.75) is 95.4 Å². The van der Waals surface area contributed by atoms with Crippen LogP contribution in [-0.4, -0.2) is 53.1 Å².